The average molecular weight is 410 g/mol. The summed E-state index contributed by atoms with van der Waals surface area (Å²) in [5, 5.41) is 19.4. The summed E-state index contributed by atoms with van der Waals surface area (Å²) in [6.45, 7) is 0.229. The molecule has 0 spiro atoms. The Labute approximate surface area is 170 Å². The van der Waals surface area contributed by atoms with Crippen LogP contribution in [0.15, 0.2) is 48.7 Å². The summed E-state index contributed by atoms with van der Waals surface area (Å²) in [6.07, 6.45) is 2.19. The number of aromatic nitrogens is 1. The van der Waals surface area contributed by atoms with Gasteiger partial charge in [-0.1, -0.05) is 6.07 Å². The highest BCUT2D eigenvalue weighted by Gasteiger charge is 2.30. The van der Waals surface area contributed by atoms with Crippen molar-refractivity contribution in [2.75, 3.05) is 5.32 Å². The Balaban J connectivity index is 1.45. The molecule has 4 N–H and O–H groups in total. The van der Waals surface area contributed by atoms with Crippen LogP contribution in [0.3, 0.4) is 0 Å². The first-order chi connectivity index (χ1) is 14.4. The highest BCUT2D eigenvalue weighted by Crippen LogP contribution is 2.33. The zero-order valence-corrected chi connectivity index (χ0v) is 15.8. The van der Waals surface area contributed by atoms with Gasteiger partial charge in [0.25, 0.3) is 0 Å². The van der Waals surface area contributed by atoms with E-state index in [9.17, 15) is 23.9 Å². The van der Waals surface area contributed by atoms with E-state index in [2.05, 4.69) is 16.0 Å². The normalized spacial score (nSPS) is 16.4. The van der Waals surface area contributed by atoms with Crippen LogP contribution in [0.25, 0.3) is 10.8 Å². The summed E-state index contributed by atoms with van der Waals surface area (Å²) in [7, 11) is 0. The minimum atomic E-state index is -0.654. The minimum Gasteiger partial charge on any atom is -0.494 e. The van der Waals surface area contributed by atoms with E-state index in [4.69, 9.17) is 0 Å². The second-order valence-corrected chi connectivity index (χ2v) is 7.06. The fourth-order valence-electron chi connectivity index (χ4n) is 3.46. The molecule has 1 aliphatic heterocycles. The molecule has 1 saturated heterocycles. The van der Waals surface area contributed by atoms with Crippen LogP contribution in [0.4, 0.5) is 14.9 Å². The molecular formula is C21H19FN4O4. The van der Waals surface area contributed by atoms with Gasteiger partial charge in [-0.25, -0.2) is 9.18 Å². The smallest absolute Gasteiger partial charge is 0.319 e. The number of carbonyl (C=O) groups excluding carboxylic acids is 3. The Morgan fingerprint density at radius 1 is 1.20 bits per heavy atom. The lowest BCUT2D eigenvalue weighted by Crippen LogP contribution is -2.41. The molecule has 2 aromatic carbocycles. The maximum absolute atomic E-state index is 12.9. The van der Waals surface area contributed by atoms with Crippen LogP contribution in [0.2, 0.25) is 0 Å². The number of fused-ring (bicyclic) bond motifs is 1. The van der Waals surface area contributed by atoms with Crippen LogP contribution in [0.5, 0.6) is 5.88 Å². The number of piperidine rings is 1. The van der Waals surface area contributed by atoms with Gasteiger partial charge in [0.2, 0.25) is 11.8 Å². The van der Waals surface area contributed by atoms with Crippen LogP contribution in [0, 0.1) is 5.82 Å². The van der Waals surface area contributed by atoms with Crippen molar-refractivity contribution < 1.29 is 23.9 Å². The van der Waals surface area contributed by atoms with Crippen molar-refractivity contribution in [1.29, 1.82) is 0 Å². The number of benzene rings is 2. The van der Waals surface area contributed by atoms with Gasteiger partial charge in [0.05, 0.1) is 0 Å². The van der Waals surface area contributed by atoms with Gasteiger partial charge in [-0.15, -0.1) is 0 Å². The van der Waals surface area contributed by atoms with E-state index in [0.29, 0.717) is 22.9 Å². The number of hydrogen-bond donors (Lipinski definition) is 4. The van der Waals surface area contributed by atoms with Crippen LogP contribution in [-0.4, -0.2) is 27.5 Å². The van der Waals surface area contributed by atoms with Crippen molar-refractivity contribution in [1.82, 2.24) is 15.2 Å². The number of nitrogens with one attached hydrogen (secondary N) is 3. The third-order valence-corrected chi connectivity index (χ3v) is 4.98. The number of carbonyl (C=O) groups is 3. The van der Waals surface area contributed by atoms with Crippen molar-refractivity contribution in [2.24, 2.45) is 0 Å². The molecule has 1 fully saturated rings. The van der Waals surface area contributed by atoms with Gasteiger partial charge in [0, 0.05) is 35.6 Å². The molecule has 9 heteroatoms. The molecule has 0 saturated carbocycles. The lowest BCUT2D eigenvalue weighted by molar-refractivity contribution is -0.135. The van der Waals surface area contributed by atoms with Gasteiger partial charge in [-0.2, -0.15) is 0 Å². The highest BCUT2D eigenvalue weighted by atomic mass is 19.1. The molecule has 3 aromatic rings. The fraction of sp³-hybridized carbons (Fsp3) is 0.190. The average Bonchev–Trinajstić information content (AvgIpc) is 3.04. The molecule has 1 atom stereocenters. The Morgan fingerprint density at radius 2 is 1.97 bits per heavy atom. The lowest BCUT2D eigenvalue weighted by atomic mass is 10.1. The van der Waals surface area contributed by atoms with E-state index in [0.717, 1.165) is 5.56 Å². The summed E-state index contributed by atoms with van der Waals surface area (Å²) >= 11 is 0. The van der Waals surface area contributed by atoms with Gasteiger partial charge in [0.15, 0.2) is 5.88 Å². The number of nitrogens with zero attached hydrogens (tertiary/aromatic N) is 1. The number of halogens is 1. The van der Waals surface area contributed by atoms with Crippen molar-refractivity contribution in [3.8, 4) is 5.88 Å². The minimum absolute atomic E-state index is 0.0481. The van der Waals surface area contributed by atoms with Gasteiger partial charge in [-0.05, 0) is 48.4 Å². The molecule has 4 amide bonds. The Morgan fingerprint density at radius 3 is 2.70 bits per heavy atom. The number of hydrogen-bond acceptors (Lipinski definition) is 4. The van der Waals surface area contributed by atoms with E-state index in [1.165, 1.54) is 28.8 Å². The van der Waals surface area contributed by atoms with Gasteiger partial charge >= 0.3 is 6.03 Å². The van der Waals surface area contributed by atoms with E-state index in [1.807, 2.05) is 0 Å². The van der Waals surface area contributed by atoms with Crippen LogP contribution in [0.1, 0.15) is 24.4 Å². The first-order valence-electron chi connectivity index (χ1n) is 9.37. The van der Waals surface area contributed by atoms with E-state index in [1.54, 1.807) is 24.4 Å². The molecule has 1 aromatic heterocycles. The predicted molar refractivity (Wildman–Crippen MR) is 107 cm³/mol. The highest BCUT2D eigenvalue weighted by molar-refractivity contribution is 6.00. The fourth-order valence-corrected chi connectivity index (χ4v) is 3.46. The van der Waals surface area contributed by atoms with Gasteiger partial charge in [0.1, 0.15) is 11.9 Å². The second-order valence-electron chi connectivity index (χ2n) is 7.06. The zero-order chi connectivity index (χ0) is 21.3. The summed E-state index contributed by atoms with van der Waals surface area (Å²) in [5.41, 5.74) is 1.26. The Hall–Kier alpha value is -3.88. The number of imide groups is 1. The summed E-state index contributed by atoms with van der Waals surface area (Å²) in [6, 6.07) is 9.60. The van der Waals surface area contributed by atoms with E-state index < -0.39 is 18.0 Å². The zero-order valence-electron chi connectivity index (χ0n) is 15.8. The van der Waals surface area contributed by atoms with Crippen LogP contribution < -0.4 is 16.0 Å². The molecule has 2 heterocycles. The van der Waals surface area contributed by atoms with E-state index in [-0.39, 0.29) is 30.6 Å². The maximum atomic E-state index is 12.9. The molecule has 4 rings (SSSR count). The topological polar surface area (TPSA) is 112 Å². The van der Waals surface area contributed by atoms with Crippen molar-refractivity contribution in [3.63, 3.8) is 0 Å². The number of rotatable bonds is 4. The molecule has 0 bridgehead atoms. The van der Waals surface area contributed by atoms with Gasteiger partial charge < -0.3 is 20.3 Å². The predicted octanol–water partition coefficient (Wildman–Crippen LogP) is 2.79. The SMILES string of the molecule is O=C1CCC(n2cc3cc(CNC(=O)Nc4ccc(F)cc4)ccc3c2O)C(=O)N1. The molecule has 154 valence electrons. The molecule has 30 heavy (non-hydrogen) atoms. The summed E-state index contributed by atoms with van der Waals surface area (Å²) in [4.78, 5) is 35.5. The summed E-state index contributed by atoms with van der Waals surface area (Å²) < 4.78 is 14.4. The van der Waals surface area contributed by atoms with Gasteiger partial charge in [-0.3, -0.25) is 14.9 Å². The number of aromatic hydroxyl groups is 1. The molecule has 0 aliphatic carbocycles. The first kappa shape index (κ1) is 19.4. The van der Waals surface area contributed by atoms with Crippen molar-refractivity contribution in [2.45, 2.75) is 25.4 Å². The van der Waals surface area contributed by atoms with Crippen molar-refractivity contribution >= 4 is 34.3 Å². The molecular weight excluding hydrogens is 391 g/mol. The molecule has 1 aliphatic rings. The third-order valence-electron chi connectivity index (χ3n) is 4.98. The number of urea groups is 1. The third kappa shape index (κ3) is 3.95. The molecule has 0 radical (unpaired) electrons. The van der Waals surface area contributed by atoms with Crippen LogP contribution >= 0.6 is 0 Å². The lowest BCUT2D eigenvalue weighted by Gasteiger charge is -2.22. The first-order valence-corrected chi connectivity index (χ1v) is 9.37. The quantitative estimate of drug-likeness (QED) is 0.496. The van der Waals surface area contributed by atoms with Crippen molar-refractivity contribution in [3.05, 3.63) is 60.0 Å². The number of amides is 4. The standard InChI is InChI=1S/C21H19FN4O4/c22-14-2-4-15(5-3-14)24-21(30)23-10-12-1-6-16-13(9-12)11-26(20(16)29)17-7-8-18(27)25-19(17)28/h1-6,9,11,17,29H,7-8,10H2,(H2,23,24,30)(H,25,27,28). The monoisotopic (exact) mass is 410 g/mol. The summed E-state index contributed by atoms with van der Waals surface area (Å²) in [5.74, 6) is -1.20. The Bertz CT molecular complexity index is 1140. The largest absolute Gasteiger partial charge is 0.494 e. The second kappa shape index (κ2) is 7.86. The maximum Gasteiger partial charge on any atom is 0.319 e. The molecule has 1 unspecified atom stereocenters. The van der Waals surface area contributed by atoms with E-state index >= 15 is 0 Å². The Kier molecular flexibility index (Phi) is 5.09. The van der Waals surface area contributed by atoms with Crippen LogP contribution in [-0.2, 0) is 16.1 Å². The molecule has 8 nitrogen and oxygen atoms in total. The number of anilines is 1.